The fourth-order valence-corrected chi connectivity index (χ4v) is 3.37. The van der Waals surface area contributed by atoms with Crippen LogP contribution in [0.15, 0.2) is 42.5 Å². The van der Waals surface area contributed by atoms with Crippen LogP contribution in [-0.4, -0.2) is 24.2 Å². The van der Waals surface area contributed by atoms with Gasteiger partial charge < -0.3 is 19.8 Å². The smallest absolute Gasteiger partial charge is 0.269 e. The number of aromatic amines is 1. The Morgan fingerprint density at radius 3 is 2.77 bits per heavy atom. The molecular weight excluding hydrogens is 352 g/mol. The van der Waals surface area contributed by atoms with Crippen molar-refractivity contribution >= 4 is 28.4 Å². The normalized spacial score (nSPS) is 13.2. The van der Waals surface area contributed by atoms with Crippen molar-refractivity contribution in [3.63, 3.8) is 0 Å². The number of rotatable bonds is 4. The molecular formula is C20H19ClN2O3. The molecule has 26 heavy (non-hydrogen) atoms. The van der Waals surface area contributed by atoms with Gasteiger partial charge in [-0.05, 0) is 23.8 Å². The van der Waals surface area contributed by atoms with E-state index in [2.05, 4.69) is 24.1 Å². The first-order chi connectivity index (χ1) is 12.5. The Kier molecular flexibility index (Phi) is 4.04. The lowest BCUT2D eigenvalue weighted by Crippen LogP contribution is -2.36. The fourth-order valence-electron chi connectivity index (χ4n) is 3.07. The van der Waals surface area contributed by atoms with Crippen LogP contribution in [0.1, 0.15) is 29.9 Å². The molecule has 2 aromatic carbocycles. The SMILES string of the molecule is CC(C)(CNC(=O)c1[nH]c2ccccc2c1Cl)c1ccc2c(c1)OCO2. The molecule has 0 saturated heterocycles. The van der Waals surface area contributed by atoms with Crippen LogP contribution in [0, 0.1) is 0 Å². The quantitative estimate of drug-likeness (QED) is 0.721. The minimum atomic E-state index is -0.283. The zero-order valence-electron chi connectivity index (χ0n) is 14.6. The van der Waals surface area contributed by atoms with Gasteiger partial charge in [-0.3, -0.25) is 4.79 Å². The molecule has 2 heterocycles. The van der Waals surface area contributed by atoms with Crippen molar-refractivity contribution in [3.8, 4) is 11.5 Å². The standard InChI is InChI=1S/C20H19ClN2O3/c1-20(2,12-7-8-15-16(9-12)26-11-25-15)10-22-19(24)18-17(21)13-5-3-4-6-14(13)23-18/h3-9,23H,10-11H2,1-2H3,(H,22,24). The Morgan fingerprint density at radius 1 is 1.19 bits per heavy atom. The van der Waals surface area contributed by atoms with Crippen LogP contribution in [0.5, 0.6) is 11.5 Å². The summed E-state index contributed by atoms with van der Waals surface area (Å²) in [7, 11) is 0. The highest BCUT2D eigenvalue weighted by atomic mass is 35.5. The zero-order valence-corrected chi connectivity index (χ0v) is 15.3. The van der Waals surface area contributed by atoms with Crippen molar-refractivity contribution in [2.45, 2.75) is 19.3 Å². The van der Waals surface area contributed by atoms with Crippen molar-refractivity contribution < 1.29 is 14.3 Å². The Labute approximate surface area is 156 Å². The van der Waals surface area contributed by atoms with E-state index in [4.69, 9.17) is 21.1 Å². The molecule has 0 bridgehead atoms. The summed E-state index contributed by atoms with van der Waals surface area (Å²) in [5, 5.41) is 4.27. The van der Waals surface area contributed by atoms with Gasteiger partial charge in [0, 0.05) is 22.9 Å². The Hall–Kier alpha value is -2.66. The van der Waals surface area contributed by atoms with Gasteiger partial charge in [-0.25, -0.2) is 0 Å². The van der Waals surface area contributed by atoms with Gasteiger partial charge in [0.1, 0.15) is 5.69 Å². The molecule has 5 nitrogen and oxygen atoms in total. The molecule has 0 radical (unpaired) electrons. The van der Waals surface area contributed by atoms with Crippen LogP contribution in [0.2, 0.25) is 5.02 Å². The van der Waals surface area contributed by atoms with E-state index in [-0.39, 0.29) is 18.1 Å². The topological polar surface area (TPSA) is 63.4 Å². The first kappa shape index (κ1) is 16.8. The first-order valence-corrected chi connectivity index (χ1v) is 8.78. The van der Waals surface area contributed by atoms with Crippen molar-refractivity contribution in [3.05, 3.63) is 58.7 Å². The predicted molar refractivity (Wildman–Crippen MR) is 101 cm³/mol. The van der Waals surface area contributed by atoms with E-state index in [0.29, 0.717) is 17.3 Å². The maximum atomic E-state index is 12.6. The molecule has 0 atom stereocenters. The number of benzene rings is 2. The number of aromatic nitrogens is 1. The lowest BCUT2D eigenvalue weighted by Gasteiger charge is -2.25. The molecule has 0 saturated carbocycles. The summed E-state index contributed by atoms with van der Waals surface area (Å²) < 4.78 is 10.8. The summed E-state index contributed by atoms with van der Waals surface area (Å²) in [6.07, 6.45) is 0. The predicted octanol–water partition coefficient (Wildman–Crippen LogP) is 4.26. The van der Waals surface area contributed by atoms with Gasteiger partial charge in [-0.2, -0.15) is 0 Å². The van der Waals surface area contributed by atoms with Crippen LogP contribution >= 0.6 is 11.6 Å². The van der Waals surface area contributed by atoms with E-state index in [0.717, 1.165) is 28.0 Å². The first-order valence-electron chi connectivity index (χ1n) is 8.40. The fraction of sp³-hybridized carbons (Fsp3) is 0.250. The van der Waals surface area contributed by atoms with Crippen LogP contribution in [0.3, 0.4) is 0 Å². The number of hydrogen-bond acceptors (Lipinski definition) is 3. The molecule has 1 aliphatic rings. The van der Waals surface area contributed by atoms with E-state index in [1.807, 2.05) is 42.5 Å². The number of nitrogens with one attached hydrogen (secondary N) is 2. The molecule has 0 fully saturated rings. The number of carbonyl (C=O) groups excluding carboxylic acids is 1. The number of H-pyrrole nitrogens is 1. The van der Waals surface area contributed by atoms with Gasteiger partial charge in [-0.15, -0.1) is 0 Å². The minimum absolute atomic E-state index is 0.222. The van der Waals surface area contributed by atoms with E-state index in [9.17, 15) is 4.79 Å². The number of amides is 1. The van der Waals surface area contributed by atoms with E-state index in [1.54, 1.807) is 0 Å². The molecule has 0 aliphatic carbocycles. The van der Waals surface area contributed by atoms with Crippen LogP contribution in [-0.2, 0) is 5.41 Å². The van der Waals surface area contributed by atoms with Crippen LogP contribution < -0.4 is 14.8 Å². The monoisotopic (exact) mass is 370 g/mol. The minimum Gasteiger partial charge on any atom is -0.454 e. The summed E-state index contributed by atoms with van der Waals surface area (Å²) in [5.41, 5.74) is 2.01. The average molecular weight is 371 g/mol. The maximum Gasteiger partial charge on any atom is 0.269 e. The van der Waals surface area contributed by atoms with Crippen LogP contribution in [0.4, 0.5) is 0 Å². The second-order valence-corrected chi connectivity index (χ2v) is 7.37. The van der Waals surface area contributed by atoms with Crippen LogP contribution in [0.25, 0.3) is 10.9 Å². The van der Waals surface area contributed by atoms with Gasteiger partial charge in [0.05, 0.1) is 5.02 Å². The number of para-hydroxylation sites is 1. The number of halogens is 1. The maximum absolute atomic E-state index is 12.6. The second kappa shape index (κ2) is 6.25. The summed E-state index contributed by atoms with van der Waals surface area (Å²) >= 11 is 6.36. The molecule has 0 unspecified atom stereocenters. The van der Waals surface area contributed by atoms with Crippen molar-refractivity contribution in [1.29, 1.82) is 0 Å². The Morgan fingerprint density at radius 2 is 1.96 bits per heavy atom. The van der Waals surface area contributed by atoms with Gasteiger partial charge in [0.25, 0.3) is 5.91 Å². The Bertz CT molecular complexity index is 994. The lowest BCUT2D eigenvalue weighted by atomic mass is 9.84. The molecule has 2 N–H and O–H groups in total. The van der Waals surface area contributed by atoms with Crippen molar-refractivity contribution in [2.75, 3.05) is 13.3 Å². The number of hydrogen-bond donors (Lipinski definition) is 2. The molecule has 1 aliphatic heterocycles. The van der Waals surface area contributed by atoms with E-state index >= 15 is 0 Å². The average Bonchev–Trinajstić information content (AvgIpc) is 3.24. The molecule has 6 heteroatoms. The summed E-state index contributed by atoms with van der Waals surface area (Å²) in [4.78, 5) is 15.7. The Balaban J connectivity index is 1.51. The highest BCUT2D eigenvalue weighted by Gasteiger charge is 2.26. The summed E-state index contributed by atoms with van der Waals surface area (Å²) in [6, 6.07) is 13.4. The zero-order chi connectivity index (χ0) is 18.3. The van der Waals surface area contributed by atoms with Gasteiger partial charge in [-0.1, -0.05) is 49.7 Å². The third-order valence-electron chi connectivity index (χ3n) is 4.71. The number of carbonyl (C=O) groups is 1. The molecule has 4 rings (SSSR count). The highest BCUT2D eigenvalue weighted by molar-refractivity contribution is 6.38. The van der Waals surface area contributed by atoms with Gasteiger partial charge >= 0.3 is 0 Å². The van der Waals surface area contributed by atoms with Gasteiger partial charge in [0.15, 0.2) is 11.5 Å². The van der Waals surface area contributed by atoms with E-state index in [1.165, 1.54) is 0 Å². The lowest BCUT2D eigenvalue weighted by molar-refractivity contribution is 0.0941. The van der Waals surface area contributed by atoms with Gasteiger partial charge in [0.2, 0.25) is 6.79 Å². The highest BCUT2D eigenvalue weighted by Crippen LogP contribution is 2.36. The molecule has 1 amide bonds. The van der Waals surface area contributed by atoms with Crippen molar-refractivity contribution in [1.82, 2.24) is 10.3 Å². The molecule has 1 aromatic heterocycles. The number of fused-ring (bicyclic) bond motifs is 2. The summed E-state index contributed by atoms with van der Waals surface area (Å²) in [6.45, 7) is 4.83. The third kappa shape index (κ3) is 2.88. The molecule has 0 spiro atoms. The van der Waals surface area contributed by atoms with Crippen molar-refractivity contribution in [2.24, 2.45) is 0 Å². The largest absolute Gasteiger partial charge is 0.454 e. The molecule has 134 valence electrons. The number of ether oxygens (including phenoxy) is 2. The van der Waals surface area contributed by atoms with E-state index < -0.39 is 0 Å². The second-order valence-electron chi connectivity index (χ2n) is 6.99. The molecule has 3 aromatic rings. The third-order valence-corrected chi connectivity index (χ3v) is 5.11. The summed E-state index contributed by atoms with van der Waals surface area (Å²) in [5.74, 6) is 1.26.